The fourth-order valence-electron chi connectivity index (χ4n) is 1.42. The topological polar surface area (TPSA) is 62.3 Å². The van der Waals surface area contributed by atoms with Crippen molar-refractivity contribution in [1.82, 2.24) is 4.98 Å². The molecule has 1 heterocycles. The zero-order valence-electron chi connectivity index (χ0n) is 7.57. The van der Waals surface area contributed by atoms with Gasteiger partial charge in [0.2, 0.25) is 0 Å². The maximum absolute atomic E-state index is 10.9. The second kappa shape index (κ2) is 3.06. The molecule has 0 unspecified atom stereocenters. The Morgan fingerprint density at radius 1 is 1.50 bits per heavy atom. The maximum Gasteiger partial charge on any atom is 0.339 e. The second-order valence-corrected chi connectivity index (χ2v) is 2.92. The van der Waals surface area contributed by atoms with Gasteiger partial charge in [-0.1, -0.05) is 0 Å². The lowest BCUT2D eigenvalue weighted by atomic mass is 10.1. The summed E-state index contributed by atoms with van der Waals surface area (Å²) in [6.07, 6.45) is 1.76. The smallest absolute Gasteiger partial charge is 0.339 e. The molecule has 14 heavy (non-hydrogen) atoms. The Balaban J connectivity index is 2.72. The van der Waals surface area contributed by atoms with Crippen LogP contribution in [0.2, 0.25) is 0 Å². The highest BCUT2D eigenvalue weighted by atomic mass is 16.5. The standard InChI is InChI=1S/C10H9NO3/c1-14-9-4-6-2-3-11-8(6)5-7(9)10(12)13/h2-5,11H,1H3,(H,12,13). The number of hydrogen-bond acceptors (Lipinski definition) is 2. The number of carboxylic acid groups (broad SMARTS) is 1. The third-order valence-electron chi connectivity index (χ3n) is 2.10. The van der Waals surface area contributed by atoms with Crippen LogP contribution < -0.4 is 4.74 Å². The Morgan fingerprint density at radius 3 is 2.93 bits per heavy atom. The third-order valence-corrected chi connectivity index (χ3v) is 2.10. The van der Waals surface area contributed by atoms with Gasteiger partial charge in [0, 0.05) is 17.1 Å². The van der Waals surface area contributed by atoms with Crippen LogP contribution in [0, 0.1) is 0 Å². The van der Waals surface area contributed by atoms with Crippen LogP contribution in [0.15, 0.2) is 24.4 Å². The summed E-state index contributed by atoms with van der Waals surface area (Å²) in [6.45, 7) is 0. The van der Waals surface area contributed by atoms with E-state index in [0.717, 1.165) is 10.9 Å². The predicted octanol–water partition coefficient (Wildman–Crippen LogP) is 1.87. The molecule has 0 saturated heterocycles. The number of ether oxygens (including phenoxy) is 1. The molecule has 72 valence electrons. The van der Waals surface area contributed by atoms with Gasteiger partial charge in [-0.15, -0.1) is 0 Å². The first-order valence-electron chi connectivity index (χ1n) is 4.11. The van der Waals surface area contributed by atoms with Crippen molar-refractivity contribution in [2.24, 2.45) is 0 Å². The Kier molecular flexibility index (Phi) is 1.89. The number of methoxy groups -OCH3 is 1. The summed E-state index contributed by atoms with van der Waals surface area (Å²) in [5, 5.41) is 9.84. The molecule has 0 amide bonds. The van der Waals surface area contributed by atoms with Crippen molar-refractivity contribution in [2.75, 3.05) is 7.11 Å². The van der Waals surface area contributed by atoms with Crippen molar-refractivity contribution in [2.45, 2.75) is 0 Å². The van der Waals surface area contributed by atoms with Gasteiger partial charge in [0.25, 0.3) is 0 Å². The maximum atomic E-state index is 10.9. The molecule has 4 nitrogen and oxygen atoms in total. The number of benzene rings is 1. The number of rotatable bonds is 2. The van der Waals surface area contributed by atoms with Crippen molar-refractivity contribution in [1.29, 1.82) is 0 Å². The van der Waals surface area contributed by atoms with Crippen molar-refractivity contribution >= 4 is 16.9 Å². The lowest BCUT2D eigenvalue weighted by Crippen LogP contribution is -2.00. The summed E-state index contributed by atoms with van der Waals surface area (Å²) >= 11 is 0. The van der Waals surface area contributed by atoms with Gasteiger partial charge < -0.3 is 14.8 Å². The van der Waals surface area contributed by atoms with E-state index in [2.05, 4.69) is 4.98 Å². The number of nitrogens with one attached hydrogen (secondary N) is 1. The van der Waals surface area contributed by atoms with Crippen LogP contribution in [0.5, 0.6) is 5.75 Å². The van der Waals surface area contributed by atoms with Crippen molar-refractivity contribution in [3.8, 4) is 5.75 Å². The molecule has 0 spiro atoms. The minimum atomic E-state index is -0.988. The van der Waals surface area contributed by atoms with E-state index in [0.29, 0.717) is 5.75 Å². The van der Waals surface area contributed by atoms with Crippen molar-refractivity contribution < 1.29 is 14.6 Å². The van der Waals surface area contributed by atoms with Gasteiger partial charge in [0.1, 0.15) is 11.3 Å². The molecule has 2 N–H and O–H groups in total. The lowest BCUT2D eigenvalue weighted by Gasteiger charge is -2.04. The molecule has 2 rings (SSSR count). The van der Waals surface area contributed by atoms with E-state index in [1.54, 1.807) is 18.3 Å². The first-order valence-corrected chi connectivity index (χ1v) is 4.11. The summed E-state index contributed by atoms with van der Waals surface area (Å²) in [5.41, 5.74) is 0.964. The van der Waals surface area contributed by atoms with Gasteiger partial charge >= 0.3 is 5.97 Å². The van der Waals surface area contributed by atoms with Crippen LogP contribution >= 0.6 is 0 Å². The second-order valence-electron chi connectivity index (χ2n) is 2.92. The molecule has 1 aromatic heterocycles. The van der Waals surface area contributed by atoms with Crippen LogP contribution in [0.25, 0.3) is 10.9 Å². The number of fused-ring (bicyclic) bond motifs is 1. The van der Waals surface area contributed by atoms with Gasteiger partial charge in [-0.2, -0.15) is 0 Å². The Hall–Kier alpha value is -1.97. The number of hydrogen-bond donors (Lipinski definition) is 2. The molecule has 0 aliphatic heterocycles. The third kappa shape index (κ3) is 1.21. The van der Waals surface area contributed by atoms with E-state index >= 15 is 0 Å². The van der Waals surface area contributed by atoms with Crippen LogP contribution in [0.1, 0.15) is 10.4 Å². The molecule has 0 fully saturated rings. The molecule has 2 aromatic rings. The van der Waals surface area contributed by atoms with Gasteiger partial charge in [0.05, 0.1) is 7.11 Å². The fourth-order valence-corrected chi connectivity index (χ4v) is 1.42. The summed E-state index contributed by atoms with van der Waals surface area (Å²) < 4.78 is 4.99. The highest BCUT2D eigenvalue weighted by Gasteiger charge is 2.12. The average Bonchev–Trinajstić information content (AvgIpc) is 2.62. The van der Waals surface area contributed by atoms with E-state index in [-0.39, 0.29) is 5.56 Å². The number of carbonyl (C=O) groups is 1. The monoisotopic (exact) mass is 191 g/mol. The molecule has 0 bridgehead atoms. The zero-order chi connectivity index (χ0) is 10.1. The highest BCUT2D eigenvalue weighted by Crippen LogP contribution is 2.24. The van der Waals surface area contributed by atoms with E-state index in [9.17, 15) is 4.79 Å². The van der Waals surface area contributed by atoms with Gasteiger partial charge in [0.15, 0.2) is 0 Å². The Labute approximate surface area is 80.1 Å². The molecule has 0 radical (unpaired) electrons. The SMILES string of the molecule is COc1cc2cc[nH]c2cc1C(=O)O. The lowest BCUT2D eigenvalue weighted by molar-refractivity contribution is 0.0693. The average molecular weight is 191 g/mol. The molecule has 0 atom stereocenters. The Bertz CT molecular complexity index is 487. The molecular weight excluding hydrogens is 182 g/mol. The first kappa shape index (κ1) is 8.62. The summed E-state index contributed by atoms with van der Waals surface area (Å²) in [5.74, 6) is -0.608. The molecule has 1 aromatic carbocycles. The quantitative estimate of drug-likeness (QED) is 0.761. The minimum Gasteiger partial charge on any atom is -0.496 e. The van der Waals surface area contributed by atoms with Crippen LogP contribution in [0.3, 0.4) is 0 Å². The van der Waals surface area contributed by atoms with Gasteiger partial charge in [-0.3, -0.25) is 0 Å². The van der Waals surface area contributed by atoms with E-state index in [1.807, 2.05) is 6.07 Å². The number of aromatic amines is 1. The normalized spacial score (nSPS) is 10.4. The van der Waals surface area contributed by atoms with Gasteiger partial charge in [-0.05, 0) is 18.2 Å². The summed E-state index contributed by atoms with van der Waals surface area (Å²) in [7, 11) is 1.46. The number of aromatic carboxylic acids is 1. The van der Waals surface area contributed by atoms with E-state index in [1.165, 1.54) is 7.11 Å². The predicted molar refractivity (Wildman–Crippen MR) is 51.8 cm³/mol. The van der Waals surface area contributed by atoms with Crippen LogP contribution in [-0.4, -0.2) is 23.2 Å². The van der Waals surface area contributed by atoms with Crippen LogP contribution in [-0.2, 0) is 0 Å². The molecule has 0 aliphatic rings. The first-order chi connectivity index (χ1) is 6.72. The summed E-state index contributed by atoms with van der Waals surface area (Å²) in [4.78, 5) is 13.8. The minimum absolute atomic E-state index is 0.169. The number of aromatic nitrogens is 1. The van der Waals surface area contributed by atoms with Crippen molar-refractivity contribution in [3.05, 3.63) is 30.0 Å². The Morgan fingerprint density at radius 2 is 2.29 bits per heavy atom. The zero-order valence-corrected chi connectivity index (χ0v) is 7.57. The number of carboxylic acids is 1. The summed E-state index contributed by atoms with van der Waals surface area (Å²) in [6, 6.07) is 5.13. The van der Waals surface area contributed by atoms with Gasteiger partial charge in [-0.25, -0.2) is 4.79 Å². The molecule has 4 heteroatoms. The molecular formula is C10H9NO3. The molecule has 0 saturated carbocycles. The number of H-pyrrole nitrogens is 1. The van der Waals surface area contributed by atoms with Crippen molar-refractivity contribution in [3.63, 3.8) is 0 Å². The van der Waals surface area contributed by atoms with E-state index in [4.69, 9.17) is 9.84 Å². The fraction of sp³-hybridized carbons (Fsp3) is 0.100. The van der Waals surface area contributed by atoms with Crippen LogP contribution in [0.4, 0.5) is 0 Å². The highest BCUT2D eigenvalue weighted by molar-refractivity contribution is 5.96. The van der Waals surface area contributed by atoms with E-state index < -0.39 is 5.97 Å². The largest absolute Gasteiger partial charge is 0.496 e. The molecule has 0 aliphatic carbocycles.